The maximum absolute atomic E-state index is 6.20. The summed E-state index contributed by atoms with van der Waals surface area (Å²) in [7, 11) is 1.64. The van der Waals surface area contributed by atoms with Gasteiger partial charge in [-0.15, -0.1) is 0 Å². The van der Waals surface area contributed by atoms with Crippen LogP contribution in [-0.4, -0.2) is 17.1 Å². The average Bonchev–Trinajstić information content (AvgIpc) is 2.43. The maximum atomic E-state index is 6.20. The molecular weight excluding hydrogens is 375 g/mol. The number of nitrogens with zero attached hydrogens (tertiary/aromatic N) is 2. The Bertz CT molecular complexity index is 590. The fraction of sp³-hybridized carbons (Fsp3) is 0.286. The van der Waals surface area contributed by atoms with Crippen molar-refractivity contribution in [2.45, 2.75) is 19.8 Å². The van der Waals surface area contributed by atoms with Gasteiger partial charge in [0.1, 0.15) is 10.9 Å². The Morgan fingerprint density at radius 3 is 2.68 bits per heavy atom. The number of methoxy groups -OCH3 is 1. The Labute approximate surface area is 131 Å². The van der Waals surface area contributed by atoms with Gasteiger partial charge in [-0.2, -0.15) is 0 Å². The first-order valence-electron chi connectivity index (χ1n) is 6.02. The van der Waals surface area contributed by atoms with Gasteiger partial charge < -0.3 is 4.74 Å². The summed E-state index contributed by atoms with van der Waals surface area (Å²) < 4.78 is 6.28. The van der Waals surface area contributed by atoms with Gasteiger partial charge in [-0.3, -0.25) is 0 Å². The van der Waals surface area contributed by atoms with Crippen molar-refractivity contribution in [3.63, 3.8) is 0 Å². The number of aryl methyl sites for hydroxylation is 1. The molecule has 0 aliphatic heterocycles. The molecule has 0 N–H and O–H groups in total. The van der Waals surface area contributed by atoms with Gasteiger partial charge in [0.15, 0.2) is 5.82 Å². The smallest absolute Gasteiger partial charge is 0.164 e. The zero-order chi connectivity index (χ0) is 13.8. The fourth-order valence-electron chi connectivity index (χ4n) is 1.82. The Morgan fingerprint density at radius 1 is 1.26 bits per heavy atom. The van der Waals surface area contributed by atoms with Crippen LogP contribution < -0.4 is 4.74 Å². The molecule has 2 aromatic rings. The third-order valence-corrected chi connectivity index (χ3v) is 4.44. The van der Waals surface area contributed by atoms with E-state index in [4.69, 9.17) is 16.3 Å². The average molecular weight is 389 g/mol. The highest BCUT2D eigenvalue weighted by Crippen LogP contribution is 2.30. The van der Waals surface area contributed by atoms with E-state index < -0.39 is 0 Å². The lowest BCUT2D eigenvalue weighted by atomic mass is 10.1. The van der Waals surface area contributed by atoms with Crippen molar-refractivity contribution >= 4 is 34.2 Å². The summed E-state index contributed by atoms with van der Waals surface area (Å²) in [6.45, 7) is 2.12. The molecule has 1 aromatic carbocycles. The predicted octanol–water partition coefficient (Wildman–Crippen LogP) is 4.36. The van der Waals surface area contributed by atoms with Crippen LogP contribution in [-0.2, 0) is 6.42 Å². The standard InChI is InChI=1S/C14H14ClIN2O/c1-3-6-10-12(16)13(15)18-14(17-10)9-7-4-5-8-11(9)19-2/h4-5,7-8H,3,6H2,1-2H3. The monoisotopic (exact) mass is 388 g/mol. The van der Waals surface area contributed by atoms with E-state index in [2.05, 4.69) is 39.5 Å². The van der Waals surface area contributed by atoms with Crippen LogP contribution >= 0.6 is 34.2 Å². The first-order chi connectivity index (χ1) is 9.17. The quantitative estimate of drug-likeness (QED) is 0.576. The van der Waals surface area contributed by atoms with Crippen LogP contribution in [0.15, 0.2) is 24.3 Å². The Morgan fingerprint density at radius 2 is 2.00 bits per heavy atom. The van der Waals surface area contributed by atoms with E-state index in [9.17, 15) is 0 Å². The fourth-order valence-corrected chi connectivity index (χ4v) is 2.52. The van der Waals surface area contributed by atoms with Crippen LogP contribution in [0.25, 0.3) is 11.4 Å². The number of aromatic nitrogens is 2. The molecule has 3 nitrogen and oxygen atoms in total. The number of hydrogen-bond donors (Lipinski definition) is 0. The molecule has 0 spiro atoms. The number of halogens is 2. The Hall–Kier alpha value is -0.880. The molecule has 1 aromatic heterocycles. The van der Waals surface area contributed by atoms with Crippen molar-refractivity contribution in [3.05, 3.63) is 38.7 Å². The van der Waals surface area contributed by atoms with Gasteiger partial charge in [-0.05, 0) is 41.1 Å². The van der Waals surface area contributed by atoms with Gasteiger partial charge in [0.05, 0.1) is 21.9 Å². The lowest BCUT2D eigenvalue weighted by Crippen LogP contribution is -2.01. The summed E-state index contributed by atoms with van der Waals surface area (Å²) in [5.74, 6) is 1.37. The minimum absolute atomic E-state index is 0.500. The third-order valence-electron chi connectivity index (χ3n) is 2.71. The molecule has 19 heavy (non-hydrogen) atoms. The topological polar surface area (TPSA) is 35.0 Å². The number of benzene rings is 1. The van der Waals surface area contributed by atoms with Crippen LogP contribution in [0.2, 0.25) is 5.15 Å². The molecule has 100 valence electrons. The molecule has 0 radical (unpaired) electrons. The van der Waals surface area contributed by atoms with Crippen LogP contribution in [0.5, 0.6) is 5.75 Å². The third kappa shape index (κ3) is 3.17. The van der Waals surface area contributed by atoms with E-state index in [0.29, 0.717) is 11.0 Å². The lowest BCUT2D eigenvalue weighted by Gasteiger charge is -2.10. The highest BCUT2D eigenvalue weighted by molar-refractivity contribution is 14.1. The van der Waals surface area contributed by atoms with Crippen LogP contribution in [0.4, 0.5) is 0 Å². The summed E-state index contributed by atoms with van der Waals surface area (Å²) in [5.41, 5.74) is 1.85. The number of rotatable bonds is 4. The second-order valence-electron chi connectivity index (χ2n) is 4.05. The highest BCUT2D eigenvalue weighted by atomic mass is 127. The molecule has 1 heterocycles. The molecule has 0 saturated carbocycles. The van der Waals surface area contributed by atoms with E-state index in [-0.39, 0.29) is 0 Å². The van der Waals surface area contributed by atoms with Crippen molar-refractivity contribution in [2.24, 2.45) is 0 Å². The van der Waals surface area contributed by atoms with Gasteiger partial charge in [0.2, 0.25) is 0 Å². The lowest BCUT2D eigenvalue weighted by molar-refractivity contribution is 0.416. The maximum Gasteiger partial charge on any atom is 0.164 e. The summed E-state index contributed by atoms with van der Waals surface area (Å²) in [5, 5.41) is 0.500. The van der Waals surface area contributed by atoms with Crippen molar-refractivity contribution in [2.75, 3.05) is 7.11 Å². The predicted molar refractivity (Wildman–Crippen MR) is 85.7 cm³/mol. The molecule has 0 saturated heterocycles. The van der Waals surface area contributed by atoms with Crippen LogP contribution in [0.1, 0.15) is 19.0 Å². The van der Waals surface area contributed by atoms with Gasteiger partial charge >= 0.3 is 0 Å². The van der Waals surface area contributed by atoms with Gasteiger partial charge in [-0.1, -0.05) is 37.1 Å². The molecule has 5 heteroatoms. The van der Waals surface area contributed by atoms with Crippen molar-refractivity contribution in [1.82, 2.24) is 9.97 Å². The minimum Gasteiger partial charge on any atom is -0.496 e. The summed E-state index contributed by atoms with van der Waals surface area (Å²) in [4.78, 5) is 8.98. The second kappa shape index (κ2) is 6.52. The second-order valence-corrected chi connectivity index (χ2v) is 5.49. The molecule has 0 bridgehead atoms. The zero-order valence-electron chi connectivity index (χ0n) is 10.8. The van der Waals surface area contributed by atoms with Crippen molar-refractivity contribution in [1.29, 1.82) is 0 Å². The van der Waals surface area contributed by atoms with Gasteiger partial charge in [0.25, 0.3) is 0 Å². The summed E-state index contributed by atoms with van der Waals surface area (Å²) >= 11 is 8.39. The number of para-hydroxylation sites is 1. The molecule has 0 fully saturated rings. The molecule has 2 rings (SSSR count). The van der Waals surface area contributed by atoms with Crippen molar-refractivity contribution in [3.8, 4) is 17.1 Å². The molecule has 0 unspecified atom stereocenters. The highest BCUT2D eigenvalue weighted by Gasteiger charge is 2.14. The van der Waals surface area contributed by atoms with E-state index in [1.807, 2.05) is 24.3 Å². The minimum atomic E-state index is 0.500. The first-order valence-corrected chi connectivity index (χ1v) is 7.48. The van der Waals surface area contributed by atoms with Crippen LogP contribution in [0, 0.1) is 3.57 Å². The normalized spacial score (nSPS) is 10.5. The van der Waals surface area contributed by atoms with Crippen LogP contribution in [0.3, 0.4) is 0 Å². The Kier molecular flexibility index (Phi) is 4.99. The molecule has 0 aliphatic rings. The van der Waals surface area contributed by atoms with E-state index in [1.165, 1.54) is 0 Å². The zero-order valence-corrected chi connectivity index (χ0v) is 13.7. The number of ether oxygens (including phenoxy) is 1. The summed E-state index contributed by atoms with van der Waals surface area (Å²) in [6, 6.07) is 7.69. The van der Waals surface area contributed by atoms with Gasteiger partial charge in [-0.25, -0.2) is 9.97 Å². The van der Waals surface area contributed by atoms with Crippen molar-refractivity contribution < 1.29 is 4.74 Å². The SMILES string of the molecule is CCCc1nc(-c2ccccc2OC)nc(Cl)c1I. The van der Waals surface area contributed by atoms with E-state index in [0.717, 1.165) is 33.4 Å². The van der Waals surface area contributed by atoms with Gasteiger partial charge in [0, 0.05) is 0 Å². The largest absolute Gasteiger partial charge is 0.496 e. The molecule has 0 atom stereocenters. The first kappa shape index (κ1) is 14.5. The number of hydrogen-bond acceptors (Lipinski definition) is 3. The molecule has 0 amide bonds. The summed E-state index contributed by atoms with van der Waals surface area (Å²) in [6.07, 6.45) is 1.91. The van der Waals surface area contributed by atoms with E-state index in [1.54, 1.807) is 7.11 Å². The Balaban J connectivity index is 2.56. The molecule has 0 aliphatic carbocycles. The molecular formula is C14H14ClIN2O. The van der Waals surface area contributed by atoms with E-state index >= 15 is 0 Å².